The van der Waals surface area contributed by atoms with Gasteiger partial charge in [0.1, 0.15) is 0 Å². The highest BCUT2D eigenvalue weighted by atomic mass is 35.5. The molecule has 1 aliphatic heterocycles. The lowest BCUT2D eigenvalue weighted by Gasteiger charge is -2.13. The van der Waals surface area contributed by atoms with Crippen molar-refractivity contribution in [3.63, 3.8) is 0 Å². The number of para-hydroxylation sites is 1. The third kappa shape index (κ3) is 3.56. The number of carbonyl (C=O) groups is 3. The van der Waals surface area contributed by atoms with Gasteiger partial charge in [0.05, 0.1) is 21.8 Å². The van der Waals surface area contributed by atoms with Crippen molar-refractivity contribution in [3.8, 4) is 0 Å². The number of imide groups is 1. The molecule has 3 amide bonds. The van der Waals surface area contributed by atoms with Crippen LogP contribution >= 0.6 is 11.6 Å². The van der Waals surface area contributed by atoms with Crippen LogP contribution in [0.5, 0.6) is 0 Å². The van der Waals surface area contributed by atoms with Gasteiger partial charge in [-0.05, 0) is 37.6 Å². The van der Waals surface area contributed by atoms with Crippen LogP contribution in [0.25, 0.3) is 0 Å². The minimum Gasteiger partial charge on any atom is -0.325 e. The lowest BCUT2D eigenvalue weighted by molar-refractivity contribution is -0.116. The van der Waals surface area contributed by atoms with E-state index in [1.54, 1.807) is 36.4 Å². The number of carbonyl (C=O) groups excluding carboxylic acids is 3. The monoisotopic (exact) mass is 356 g/mol. The van der Waals surface area contributed by atoms with Crippen LogP contribution in [0.4, 0.5) is 5.69 Å². The van der Waals surface area contributed by atoms with Gasteiger partial charge in [-0.25, -0.2) is 0 Å². The Morgan fingerprint density at radius 1 is 1.08 bits per heavy atom. The molecule has 0 fully saturated rings. The molecule has 6 heteroatoms. The zero-order valence-corrected chi connectivity index (χ0v) is 14.5. The molecule has 2 aromatic rings. The Hall–Kier alpha value is -2.66. The number of amides is 3. The average molecular weight is 357 g/mol. The smallest absolute Gasteiger partial charge is 0.261 e. The maximum Gasteiger partial charge on any atom is 0.261 e. The van der Waals surface area contributed by atoms with Crippen LogP contribution in [0.2, 0.25) is 5.02 Å². The first-order valence-corrected chi connectivity index (χ1v) is 8.36. The minimum absolute atomic E-state index is 0.192. The molecule has 0 radical (unpaired) electrons. The van der Waals surface area contributed by atoms with Crippen LogP contribution in [0.15, 0.2) is 42.5 Å². The number of rotatable bonds is 5. The number of fused-ring (bicyclic) bond motifs is 1. The fourth-order valence-corrected chi connectivity index (χ4v) is 2.96. The predicted octanol–water partition coefficient (Wildman–Crippen LogP) is 3.66. The number of benzene rings is 2. The van der Waals surface area contributed by atoms with Crippen molar-refractivity contribution in [3.05, 3.63) is 64.2 Å². The maximum absolute atomic E-state index is 12.4. The van der Waals surface area contributed by atoms with E-state index in [0.717, 1.165) is 5.56 Å². The summed E-state index contributed by atoms with van der Waals surface area (Å²) in [6.45, 7) is 2.08. The van der Waals surface area contributed by atoms with E-state index in [2.05, 4.69) is 5.32 Å². The van der Waals surface area contributed by atoms with Crippen molar-refractivity contribution in [2.75, 3.05) is 11.9 Å². The van der Waals surface area contributed by atoms with Gasteiger partial charge in [-0.3, -0.25) is 19.3 Å². The second-order valence-corrected chi connectivity index (χ2v) is 6.35. The number of hydrogen-bond donors (Lipinski definition) is 1. The van der Waals surface area contributed by atoms with Gasteiger partial charge in [-0.15, -0.1) is 0 Å². The molecule has 2 aromatic carbocycles. The molecule has 0 aromatic heterocycles. The standard InChI is InChI=1S/C19H17ClN2O3/c1-12-8-9-13-14(11-12)19(25)22(18(13)24)10-4-7-17(23)21-16-6-3-2-5-15(16)20/h2-3,5-6,8-9,11H,4,7,10H2,1H3,(H,21,23). The Balaban J connectivity index is 1.56. The summed E-state index contributed by atoms with van der Waals surface area (Å²) in [6.07, 6.45) is 0.582. The Kier molecular flexibility index (Phi) is 4.86. The Bertz CT molecular complexity index is 863. The zero-order valence-electron chi connectivity index (χ0n) is 13.7. The van der Waals surface area contributed by atoms with E-state index >= 15 is 0 Å². The molecule has 0 aliphatic carbocycles. The van der Waals surface area contributed by atoms with E-state index in [4.69, 9.17) is 11.6 Å². The summed E-state index contributed by atoms with van der Waals surface area (Å²) in [6, 6.07) is 12.2. The largest absolute Gasteiger partial charge is 0.325 e. The number of nitrogens with zero attached hydrogens (tertiary/aromatic N) is 1. The maximum atomic E-state index is 12.4. The first-order valence-electron chi connectivity index (χ1n) is 7.98. The topological polar surface area (TPSA) is 66.5 Å². The van der Waals surface area contributed by atoms with Gasteiger partial charge in [0, 0.05) is 13.0 Å². The van der Waals surface area contributed by atoms with Gasteiger partial charge in [-0.2, -0.15) is 0 Å². The first-order chi connectivity index (χ1) is 12.0. The quantitative estimate of drug-likeness (QED) is 0.831. The summed E-state index contributed by atoms with van der Waals surface area (Å²) in [5.74, 6) is -0.803. The summed E-state index contributed by atoms with van der Waals surface area (Å²) < 4.78 is 0. The van der Waals surface area contributed by atoms with Crippen LogP contribution in [0, 0.1) is 6.92 Å². The van der Waals surface area contributed by atoms with Crippen molar-refractivity contribution in [1.82, 2.24) is 4.90 Å². The fraction of sp³-hybridized carbons (Fsp3) is 0.211. The second kappa shape index (κ2) is 7.07. The van der Waals surface area contributed by atoms with Gasteiger partial charge in [-0.1, -0.05) is 35.4 Å². The summed E-state index contributed by atoms with van der Waals surface area (Å²) >= 11 is 6.00. The molecule has 5 nitrogen and oxygen atoms in total. The number of hydrogen-bond acceptors (Lipinski definition) is 3. The summed E-state index contributed by atoms with van der Waals surface area (Å²) in [5, 5.41) is 3.19. The highest BCUT2D eigenvalue weighted by molar-refractivity contribution is 6.33. The third-order valence-electron chi connectivity index (χ3n) is 4.06. The molecule has 25 heavy (non-hydrogen) atoms. The van der Waals surface area contributed by atoms with Crippen LogP contribution < -0.4 is 5.32 Å². The highest BCUT2D eigenvalue weighted by Gasteiger charge is 2.34. The molecule has 0 atom stereocenters. The minimum atomic E-state index is -0.300. The van der Waals surface area contributed by atoms with Gasteiger partial charge < -0.3 is 5.32 Å². The number of anilines is 1. The molecule has 0 bridgehead atoms. The number of aryl methyl sites for hydroxylation is 1. The van der Waals surface area contributed by atoms with Gasteiger partial charge in [0.15, 0.2) is 0 Å². The van der Waals surface area contributed by atoms with Crippen molar-refractivity contribution in [2.24, 2.45) is 0 Å². The molecule has 1 heterocycles. The first kappa shape index (κ1) is 17.2. The molecule has 0 saturated carbocycles. The van der Waals surface area contributed by atoms with Crippen molar-refractivity contribution < 1.29 is 14.4 Å². The number of nitrogens with one attached hydrogen (secondary N) is 1. The van der Waals surface area contributed by atoms with E-state index in [-0.39, 0.29) is 30.7 Å². The van der Waals surface area contributed by atoms with E-state index in [1.165, 1.54) is 4.90 Å². The van der Waals surface area contributed by atoms with Crippen molar-refractivity contribution in [1.29, 1.82) is 0 Å². The second-order valence-electron chi connectivity index (χ2n) is 5.94. The summed E-state index contributed by atoms with van der Waals surface area (Å²) in [7, 11) is 0. The lowest BCUT2D eigenvalue weighted by Crippen LogP contribution is -2.31. The van der Waals surface area contributed by atoms with E-state index in [9.17, 15) is 14.4 Å². The predicted molar refractivity (Wildman–Crippen MR) is 95.9 cm³/mol. The van der Waals surface area contributed by atoms with Crippen LogP contribution in [0.3, 0.4) is 0 Å². The molecule has 0 unspecified atom stereocenters. The molecule has 0 spiro atoms. The van der Waals surface area contributed by atoms with Gasteiger partial charge in [0.2, 0.25) is 5.91 Å². The molecular weight excluding hydrogens is 340 g/mol. The van der Waals surface area contributed by atoms with Crippen molar-refractivity contribution in [2.45, 2.75) is 19.8 Å². The average Bonchev–Trinajstić information content (AvgIpc) is 2.81. The highest BCUT2D eigenvalue weighted by Crippen LogP contribution is 2.24. The zero-order chi connectivity index (χ0) is 18.0. The van der Waals surface area contributed by atoms with Crippen molar-refractivity contribution >= 4 is 35.0 Å². The molecule has 0 saturated heterocycles. The molecule has 3 rings (SSSR count). The Morgan fingerprint density at radius 2 is 1.80 bits per heavy atom. The molecular formula is C19H17ClN2O3. The van der Waals surface area contributed by atoms with E-state index in [0.29, 0.717) is 28.3 Å². The number of halogens is 1. The molecule has 128 valence electrons. The van der Waals surface area contributed by atoms with Crippen LogP contribution in [-0.2, 0) is 4.79 Å². The molecule has 1 N–H and O–H groups in total. The fourth-order valence-electron chi connectivity index (χ4n) is 2.78. The third-order valence-corrected chi connectivity index (χ3v) is 4.39. The molecule has 1 aliphatic rings. The Morgan fingerprint density at radius 3 is 2.56 bits per heavy atom. The SMILES string of the molecule is Cc1ccc2c(c1)C(=O)N(CCCC(=O)Nc1ccccc1Cl)C2=O. The normalized spacial score (nSPS) is 13.1. The lowest BCUT2D eigenvalue weighted by atomic mass is 10.1. The summed E-state index contributed by atoms with van der Waals surface area (Å²) in [5.41, 5.74) is 2.34. The summed E-state index contributed by atoms with van der Waals surface area (Å²) in [4.78, 5) is 37.9. The van der Waals surface area contributed by atoms with Gasteiger partial charge >= 0.3 is 0 Å². The van der Waals surface area contributed by atoms with E-state index < -0.39 is 0 Å². The van der Waals surface area contributed by atoms with Gasteiger partial charge in [0.25, 0.3) is 11.8 Å². The van der Waals surface area contributed by atoms with Crippen LogP contribution in [-0.4, -0.2) is 29.2 Å². The van der Waals surface area contributed by atoms with E-state index in [1.807, 2.05) is 13.0 Å². The van der Waals surface area contributed by atoms with Crippen LogP contribution in [0.1, 0.15) is 39.1 Å². The Labute approximate surface area is 150 Å².